The molecule has 1 N–H and O–H groups in total. The molecule has 1 aromatic heterocycles. The van der Waals surface area contributed by atoms with Gasteiger partial charge in [0.25, 0.3) is 5.56 Å². The minimum atomic E-state index is -0.280. The van der Waals surface area contributed by atoms with E-state index in [4.69, 9.17) is 0 Å². The monoisotopic (exact) mass is 321 g/mol. The average Bonchev–Trinajstić information content (AvgIpc) is 2.58. The van der Waals surface area contributed by atoms with E-state index in [9.17, 15) is 9.59 Å². The van der Waals surface area contributed by atoms with Crippen LogP contribution >= 0.6 is 0 Å². The number of carbonyl (C=O) groups is 1. The zero-order valence-electron chi connectivity index (χ0n) is 13.7. The molecule has 24 heavy (non-hydrogen) atoms. The Labute approximate surface area is 139 Å². The molecule has 1 amide bonds. The lowest BCUT2D eigenvalue weighted by Crippen LogP contribution is -2.29. The number of carbonyl (C=O) groups excluding carboxylic acids is 1. The van der Waals surface area contributed by atoms with Crippen molar-refractivity contribution in [1.82, 2.24) is 9.78 Å². The van der Waals surface area contributed by atoms with Crippen LogP contribution in [0.15, 0.2) is 59.5 Å². The molecule has 0 aliphatic heterocycles. The van der Waals surface area contributed by atoms with Crippen molar-refractivity contribution in [2.24, 2.45) is 0 Å². The van der Waals surface area contributed by atoms with Gasteiger partial charge in [-0.15, -0.1) is 0 Å². The lowest BCUT2D eigenvalue weighted by atomic mass is 10.0. The molecule has 5 nitrogen and oxygen atoms in total. The van der Waals surface area contributed by atoms with E-state index in [2.05, 4.69) is 24.3 Å². The molecule has 3 aromatic rings. The van der Waals surface area contributed by atoms with E-state index in [1.807, 2.05) is 36.4 Å². The second kappa shape index (κ2) is 6.66. The summed E-state index contributed by atoms with van der Waals surface area (Å²) in [6, 6.07) is 14.9. The van der Waals surface area contributed by atoms with Crippen LogP contribution in [0.25, 0.3) is 10.8 Å². The molecule has 122 valence electrons. The standard InChI is InChI=1S/C19H19N3O2/c1-13(2)14-7-9-16(10-8-14)21-18(23)12-22-19(24)17-6-4-3-5-15(17)11-20-22/h3-11,13H,12H2,1-2H3,(H,21,23). The van der Waals surface area contributed by atoms with Crippen LogP contribution in [0, 0.1) is 0 Å². The molecule has 0 bridgehead atoms. The van der Waals surface area contributed by atoms with E-state index < -0.39 is 0 Å². The van der Waals surface area contributed by atoms with E-state index in [0.717, 1.165) is 5.39 Å². The second-order valence-electron chi connectivity index (χ2n) is 6.02. The van der Waals surface area contributed by atoms with Gasteiger partial charge >= 0.3 is 0 Å². The van der Waals surface area contributed by atoms with Crippen LogP contribution < -0.4 is 10.9 Å². The van der Waals surface area contributed by atoms with E-state index >= 15 is 0 Å². The van der Waals surface area contributed by atoms with Crippen molar-refractivity contribution >= 4 is 22.4 Å². The number of hydrogen-bond donors (Lipinski definition) is 1. The highest BCUT2D eigenvalue weighted by Crippen LogP contribution is 2.17. The zero-order valence-corrected chi connectivity index (χ0v) is 13.7. The van der Waals surface area contributed by atoms with Crippen molar-refractivity contribution in [1.29, 1.82) is 0 Å². The van der Waals surface area contributed by atoms with Gasteiger partial charge in [-0.2, -0.15) is 5.10 Å². The van der Waals surface area contributed by atoms with Gasteiger partial charge < -0.3 is 5.32 Å². The summed E-state index contributed by atoms with van der Waals surface area (Å²) < 4.78 is 1.18. The Bertz CT molecular complexity index is 927. The summed E-state index contributed by atoms with van der Waals surface area (Å²) in [6.45, 7) is 4.12. The fourth-order valence-electron chi connectivity index (χ4n) is 2.53. The van der Waals surface area contributed by atoms with Crippen LogP contribution in [0.3, 0.4) is 0 Å². The summed E-state index contributed by atoms with van der Waals surface area (Å²) in [5, 5.41) is 8.19. The van der Waals surface area contributed by atoms with Gasteiger partial charge in [0.1, 0.15) is 6.54 Å². The molecule has 0 spiro atoms. The number of nitrogens with zero attached hydrogens (tertiary/aromatic N) is 2. The number of hydrogen-bond acceptors (Lipinski definition) is 3. The smallest absolute Gasteiger partial charge is 0.275 e. The van der Waals surface area contributed by atoms with E-state index in [1.165, 1.54) is 10.2 Å². The number of aromatic nitrogens is 2. The molecule has 0 saturated carbocycles. The minimum absolute atomic E-state index is 0.115. The van der Waals surface area contributed by atoms with E-state index in [1.54, 1.807) is 18.3 Å². The Balaban J connectivity index is 1.75. The highest BCUT2D eigenvalue weighted by Gasteiger charge is 2.09. The van der Waals surface area contributed by atoms with Crippen LogP contribution in [0.2, 0.25) is 0 Å². The molecule has 0 radical (unpaired) electrons. The summed E-state index contributed by atoms with van der Waals surface area (Å²) in [6.07, 6.45) is 1.60. The van der Waals surface area contributed by atoms with Crippen molar-refractivity contribution in [3.63, 3.8) is 0 Å². The number of amides is 1. The molecule has 0 fully saturated rings. The zero-order chi connectivity index (χ0) is 17.1. The van der Waals surface area contributed by atoms with Crippen LogP contribution in [0.5, 0.6) is 0 Å². The van der Waals surface area contributed by atoms with Gasteiger partial charge in [-0.05, 0) is 29.7 Å². The first-order valence-corrected chi connectivity index (χ1v) is 7.89. The summed E-state index contributed by atoms with van der Waals surface area (Å²) >= 11 is 0. The molecule has 5 heteroatoms. The first-order chi connectivity index (χ1) is 11.5. The van der Waals surface area contributed by atoms with Crippen LogP contribution in [-0.2, 0) is 11.3 Å². The van der Waals surface area contributed by atoms with Crippen LogP contribution in [0.4, 0.5) is 5.69 Å². The minimum Gasteiger partial charge on any atom is -0.324 e. The number of nitrogens with one attached hydrogen (secondary N) is 1. The molecule has 3 rings (SSSR count). The Morgan fingerprint density at radius 1 is 1.12 bits per heavy atom. The second-order valence-corrected chi connectivity index (χ2v) is 6.02. The van der Waals surface area contributed by atoms with Crippen molar-refractivity contribution in [2.45, 2.75) is 26.3 Å². The Morgan fingerprint density at radius 2 is 1.83 bits per heavy atom. The van der Waals surface area contributed by atoms with Gasteiger partial charge in [-0.1, -0.05) is 44.2 Å². The molecule has 0 atom stereocenters. The van der Waals surface area contributed by atoms with Crippen molar-refractivity contribution in [2.75, 3.05) is 5.32 Å². The lowest BCUT2D eigenvalue weighted by molar-refractivity contribution is -0.117. The Hall–Kier alpha value is -2.95. The van der Waals surface area contributed by atoms with E-state index in [-0.39, 0.29) is 18.0 Å². The number of fused-ring (bicyclic) bond motifs is 1. The summed E-state index contributed by atoms with van der Waals surface area (Å²) in [4.78, 5) is 24.5. The van der Waals surface area contributed by atoms with Gasteiger partial charge in [-0.3, -0.25) is 9.59 Å². The van der Waals surface area contributed by atoms with Gasteiger partial charge in [0, 0.05) is 11.1 Å². The molecule has 0 saturated heterocycles. The van der Waals surface area contributed by atoms with Crippen molar-refractivity contribution < 1.29 is 4.79 Å². The maximum absolute atomic E-state index is 12.4. The summed E-state index contributed by atoms with van der Waals surface area (Å²) in [5.74, 6) is 0.160. The largest absolute Gasteiger partial charge is 0.324 e. The fourth-order valence-corrected chi connectivity index (χ4v) is 2.53. The Kier molecular flexibility index (Phi) is 4.42. The SMILES string of the molecule is CC(C)c1ccc(NC(=O)Cn2ncc3ccccc3c2=O)cc1. The first-order valence-electron chi connectivity index (χ1n) is 7.89. The third-order valence-electron chi connectivity index (χ3n) is 3.92. The third kappa shape index (κ3) is 3.35. The third-order valence-corrected chi connectivity index (χ3v) is 3.92. The molecule has 0 aliphatic rings. The summed E-state index contributed by atoms with van der Waals surface area (Å²) in [5.41, 5.74) is 1.65. The van der Waals surface area contributed by atoms with Gasteiger partial charge in [-0.25, -0.2) is 4.68 Å². The van der Waals surface area contributed by atoms with Gasteiger partial charge in [0.15, 0.2) is 0 Å². The van der Waals surface area contributed by atoms with Crippen molar-refractivity contribution in [3.05, 3.63) is 70.6 Å². The van der Waals surface area contributed by atoms with Crippen LogP contribution in [0.1, 0.15) is 25.3 Å². The van der Waals surface area contributed by atoms with E-state index in [0.29, 0.717) is 17.0 Å². The highest BCUT2D eigenvalue weighted by molar-refractivity contribution is 5.90. The van der Waals surface area contributed by atoms with Gasteiger partial charge in [0.05, 0.1) is 11.6 Å². The molecule has 0 aliphatic carbocycles. The molecular formula is C19H19N3O2. The number of rotatable bonds is 4. The maximum Gasteiger partial charge on any atom is 0.275 e. The molecule has 2 aromatic carbocycles. The fraction of sp³-hybridized carbons (Fsp3) is 0.211. The summed E-state index contributed by atoms with van der Waals surface area (Å²) in [7, 11) is 0. The number of benzene rings is 2. The molecule has 0 unspecified atom stereocenters. The van der Waals surface area contributed by atoms with Crippen LogP contribution in [-0.4, -0.2) is 15.7 Å². The highest BCUT2D eigenvalue weighted by atomic mass is 16.2. The quantitative estimate of drug-likeness (QED) is 0.803. The first kappa shape index (κ1) is 15.9. The lowest BCUT2D eigenvalue weighted by Gasteiger charge is -2.09. The predicted octanol–water partition coefficient (Wildman–Crippen LogP) is 3.16. The predicted molar refractivity (Wildman–Crippen MR) is 95.2 cm³/mol. The average molecular weight is 321 g/mol. The maximum atomic E-state index is 12.4. The Morgan fingerprint density at radius 3 is 2.54 bits per heavy atom. The topological polar surface area (TPSA) is 64.0 Å². The van der Waals surface area contributed by atoms with Gasteiger partial charge in [0.2, 0.25) is 5.91 Å². The molecular weight excluding hydrogens is 302 g/mol. The normalized spacial score (nSPS) is 11.0. The number of anilines is 1. The molecule has 1 heterocycles. The van der Waals surface area contributed by atoms with Crippen molar-refractivity contribution in [3.8, 4) is 0 Å².